The maximum absolute atomic E-state index is 5.82. The number of aryl methyl sites for hydroxylation is 3. The molecule has 3 heteroatoms. The number of ether oxygens (including phenoxy) is 1. The van der Waals surface area contributed by atoms with Crippen molar-refractivity contribution in [3.63, 3.8) is 0 Å². The molecule has 4 rings (SSSR count). The van der Waals surface area contributed by atoms with Crippen molar-refractivity contribution in [1.29, 1.82) is 0 Å². The molecule has 2 aromatic carbocycles. The number of para-hydroxylation sites is 1. The van der Waals surface area contributed by atoms with Crippen LogP contribution in [0.25, 0.3) is 11.3 Å². The van der Waals surface area contributed by atoms with E-state index in [0.717, 1.165) is 49.4 Å². The maximum Gasteiger partial charge on any atom is 0.127 e. The lowest BCUT2D eigenvalue weighted by molar-refractivity contribution is 0.408. The van der Waals surface area contributed by atoms with Crippen molar-refractivity contribution < 1.29 is 4.74 Å². The monoisotopic (exact) mass is 386 g/mol. The second-order valence-corrected chi connectivity index (χ2v) is 7.69. The van der Waals surface area contributed by atoms with Gasteiger partial charge in [-0.2, -0.15) is 0 Å². The van der Waals surface area contributed by atoms with E-state index in [2.05, 4.69) is 67.3 Å². The summed E-state index contributed by atoms with van der Waals surface area (Å²) in [6.45, 7) is 6.31. The number of anilines is 1. The second kappa shape index (κ2) is 8.69. The van der Waals surface area contributed by atoms with Gasteiger partial charge in [-0.3, -0.25) is 4.98 Å². The minimum Gasteiger partial charge on any atom is -0.496 e. The Morgan fingerprint density at radius 1 is 0.966 bits per heavy atom. The Bertz CT molecular complexity index is 973. The van der Waals surface area contributed by atoms with Crippen molar-refractivity contribution in [2.45, 2.75) is 46.1 Å². The van der Waals surface area contributed by atoms with Gasteiger partial charge < -0.3 is 9.64 Å². The zero-order valence-electron chi connectivity index (χ0n) is 17.7. The number of aromatic nitrogens is 1. The van der Waals surface area contributed by atoms with E-state index in [-0.39, 0.29) is 0 Å². The number of nitrogens with zero attached hydrogens (tertiary/aromatic N) is 2. The normalized spacial score (nSPS) is 13.3. The number of pyridine rings is 1. The number of rotatable bonds is 6. The van der Waals surface area contributed by atoms with E-state index in [0.29, 0.717) is 0 Å². The Hall–Kier alpha value is -2.81. The quantitative estimate of drug-likeness (QED) is 0.532. The lowest BCUT2D eigenvalue weighted by Crippen LogP contribution is -2.29. The fourth-order valence-corrected chi connectivity index (χ4v) is 4.46. The van der Waals surface area contributed by atoms with E-state index in [9.17, 15) is 0 Å². The first-order valence-electron chi connectivity index (χ1n) is 10.7. The molecule has 0 saturated heterocycles. The molecule has 1 aliphatic heterocycles. The van der Waals surface area contributed by atoms with Crippen LogP contribution in [0.1, 0.15) is 42.5 Å². The van der Waals surface area contributed by atoms with E-state index in [4.69, 9.17) is 9.72 Å². The number of methoxy groups -OCH3 is 1. The summed E-state index contributed by atoms with van der Waals surface area (Å²) in [5.41, 5.74) is 8.89. The molecule has 0 aliphatic carbocycles. The van der Waals surface area contributed by atoms with Crippen molar-refractivity contribution in [3.05, 3.63) is 77.0 Å². The van der Waals surface area contributed by atoms with Crippen LogP contribution in [0.3, 0.4) is 0 Å². The SMILES string of the molecule is CCc1cccc(CC)c1-c1cc(OC)c(CN2CCCc3ccccc32)cn1. The van der Waals surface area contributed by atoms with Crippen LogP contribution >= 0.6 is 0 Å². The van der Waals surface area contributed by atoms with Crippen molar-refractivity contribution in [2.75, 3.05) is 18.6 Å². The van der Waals surface area contributed by atoms with Crippen LogP contribution in [-0.4, -0.2) is 18.6 Å². The van der Waals surface area contributed by atoms with Crippen molar-refractivity contribution in [3.8, 4) is 17.0 Å². The van der Waals surface area contributed by atoms with Gasteiger partial charge in [-0.25, -0.2) is 0 Å². The first-order chi connectivity index (χ1) is 14.2. The molecule has 0 atom stereocenters. The molecule has 1 aliphatic rings. The Kier molecular flexibility index (Phi) is 5.84. The minimum atomic E-state index is 0.823. The first kappa shape index (κ1) is 19.5. The van der Waals surface area contributed by atoms with Gasteiger partial charge in [0.15, 0.2) is 0 Å². The predicted molar refractivity (Wildman–Crippen MR) is 121 cm³/mol. The summed E-state index contributed by atoms with van der Waals surface area (Å²) < 4.78 is 5.82. The van der Waals surface area contributed by atoms with E-state index >= 15 is 0 Å². The zero-order valence-corrected chi connectivity index (χ0v) is 17.7. The number of benzene rings is 2. The molecule has 0 N–H and O–H groups in total. The lowest BCUT2D eigenvalue weighted by atomic mass is 9.94. The third kappa shape index (κ3) is 3.87. The third-order valence-electron chi connectivity index (χ3n) is 5.99. The summed E-state index contributed by atoms with van der Waals surface area (Å²) in [5.74, 6) is 0.922. The largest absolute Gasteiger partial charge is 0.496 e. The van der Waals surface area contributed by atoms with E-state index < -0.39 is 0 Å². The number of hydrogen-bond acceptors (Lipinski definition) is 3. The molecule has 2 heterocycles. The van der Waals surface area contributed by atoms with E-state index in [1.807, 2.05) is 6.20 Å². The zero-order chi connectivity index (χ0) is 20.2. The van der Waals surface area contributed by atoms with Crippen LogP contribution in [0.5, 0.6) is 5.75 Å². The van der Waals surface area contributed by atoms with E-state index in [1.54, 1.807) is 7.11 Å². The fourth-order valence-electron chi connectivity index (χ4n) is 4.46. The predicted octanol–water partition coefficient (Wildman–Crippen LogP) is 5.83. The van der Waals surface area contributed by atoms with Crippen LogP contribution in [0.2, 0.25) is 0 Å². The second-order valence-electron chi connectivity index (χ2n) is 7.69. The molecule has 0 bridgehead atoms. The van der Waals surface area contributed by atoms with Gasteiger partial charge in [0.2, 0.25) is 0 Å². The van der Waals surface area contributed by atoms with Gasteiger partial charge in [0, 0.05) is 42.2 Å². The molecule has 0 radical (unpaired) electrons. The molecule has 0 fully saturated rings. The molecule has 0 amide bonds. The Labute approximate surface area is 174 Å². The molecule has 3 nitrogen and oxygen atoms in total. The smallest absolute Gasteiger partial charge is 0.127 e. The van der Waals surface area contributed by atoms with Gasteiger partial charge in [0.05, 0.1) is 12.8 Å². The summed E-state index contributed by atoms with van der Waals surface area (Å²) in [6, 6.07) is 17.4. The van der Waals surface area contributed by atoms with E-state index in [1.165, 1.54) is 34.4 Å². The molecule has 3 aromatic rings. The highest BCUT2D eigenvalue weighted by molar-refractivity contribution is 5.70. The summed E-state index contributed by atoms with van der Waals surface area (Å²) in [5, 5.41) is 0. The molecule has 0 saturated carbocycles. The van der Waals surface area contributed by atoms with Gasteiger partial charge in [-0.1, -0.05) is 50.2 Å². The van der Waals surface area contributed by atoms with Crippen LogP contribution in [0, 0.1) is 0 Å². The van der Waals surface area contributed by atoms with Gasteiger partial charge in [0.1, 0.15) is 5.75 Å². The van der Waals surface area contributed by atoms with Crippen LogP contribution in [0.4, 0.5) is 5.69 Å². The molecule has 0 unspecified atom stereocenters. The summed E-state index contributed by atoms with van der Waals surface area (Å²) in [7, 11) is 1.76. The number of fused-ring (bicyclic) bond motifs is 1. The van der Waals surface area contributed by atoms with Crippen molar-refractivity contribution in [2.24, 2.45) is 0 Å². The molecule has 0 spiro atoms. The molecule has 1 aromatic heterocycles. The van der Waals surface area contributed by atoms with Crippen molar-refractivity contribution >= 4 is 5.69 Å². The fraction of sp³-hybridized carbons (Fsp3) is 0.346. The molecular formula is C26H30N2O. The van der Waals surface area contributed by atoms with Crippen LogP contribution in [-0.2, 0) is 25.8 Å². The van der Waals surface area contributed by atoms with Crippen LogP contribution in [0.15, 0.2) is 54.7 Å². The summed E-state index contributed by atoms with van der Waals surface area (Å²) in [4.78, 5) is 7.34. The van der Waals surface area contributed by atoms with Crippen LogP contribution < -0.4 is 9.64 Å². The average molecular weight is 387 g/mol. The minimum absolute atomic E-state index is 0.823. The molecule has 150 valence electrons. The summed E-state index contributed by atoms with van der Waals surface area (Å²) >= 11 is 0. The third-order valence-corrected chi connectivity index (χ3v) is 5.99. The maximum atomic E-state index is 5.82. The standard InChI is InChI=1S/C26H30N2O/c1-4-19-11-8-12-20(5-2)26(19)23-16-25(29-3)22(17-27-23)18-28-15-9-13-21-10-6-7-14-24(21)28/h6-8,10-12,14,16-17H,4-5,9,13,15,18H2,1-3H3. The van der Waals surface area contributed by atoms with Crippen molar-refractivity contribution in [1.82, 2.24) is 4.98 Å². The number of hydrogen-bond donors (Lipinski definition) is 0. The first-order valence-corrected chi connectivity index (χ1v) is 10.7. The Morgan fingerprint density at radius 2 is 1.72 bits per heavy atom. The lowest BCUT2D eigenvalue weighted by Gasteiger charge is -2.31. The van der Waals surface area contributed by atoms with Gasteiger partial charge in [-0.15, -0.1) is 0 Å². The highest BCUT2D eigenvalue weighted by atomic mass is 16.5. The average Bonchev–Trinajstić information content (AvgIpc) is 2.79. The Balaban J connectivity index is 1.69. The Morgan fingerprint density at radius 3 is 2.45 bits per heavy atom. The van der Waals surface area contributed by atoms with Gasteiger partial charge >= 0.3 is 0 Å². The molecular weight excluding hydrogens is 356 g/mol. The summed E-state index contributed by atoms with van der Waals surface area (Å²) in [6.07, 6.45) is 6.36. The topological polar surface area (TPSA) is 25.4 Å². The highest BCUT2D eigenvalue weighted by Crippen LogP contribution is 2.33. The molecule has 29 heavy (non-hydrogen) atoms. The van der Waals surface area contributed by atoms with Gasteiger partial charge in [0.25, 0.3) is 0 Å². The highest BCUT2D eigenvalue weighted by Gasteiger charge is 2.19. The van der Waals surface area contributed by atoms with Gasteiger partial charge in [-0.05, 0) is 48.4 Å².